The first-order valence-electron chi connectivity index (χ1n) is 6.26. The Balaban J connectivity index is 2.42. The van der Waals surface area contributed by atoms with Crippen molar-refractivity contribution in [3.05, 3.63) is 23.5 Å². The largest absolute Gasteiger partial charge is 0.353 e. The SMILES string of the molecule is CC(C)NC(=O)CN(C)CC(=O)Nc1cccnc1Cl. The molecule has 0 fully saturated rings. The molecule has 0 aliphatic rings. The molecule has 0 unspecified atom stereocenters. The maximum absolute atomic E-state index is 11.8. The van der Waals surface area contributed by atoms with Crippen LogP contribution in [-0.2, 0) is 9.59 Å². The Morgan fingerprint density at radius 2 is 2.00 bits per heavy atom. The van der Waals surface area contributed by atoms with Crippen molar-refractivity contribution in [1.82, 2.24) is 15.2 Å². The quantitative estimate of drug-likeness (QED) is 0.772. The van der Waals surface area contributed by atoms with Crippen LogP contribution in [0.5, 0.6) is 0 Å². The number of likely N-dealkylation sites (N-methyl/N-ethyl adjacent to an activating group) is 1. The number of amides is 2. The number of anilines is 1. The lowest BCUT2D eigenvalue weighted by molar-refractivity contribution is -0.123. The van der Waals surface area contributed by atoms with Gasteiger partial charge < -0.3 is 10.6 Å². The third-order valence-electron chi connectivity index (χ3n) is 2.31. The Hall–Kier alpha value is -1.66. The monoisotopic (exact) mass is 298 g/mol. The van der Waals surface area contributed by atoms with E-state index in [-0.39, 0.29) is 36.1 Å². The van der Waals surface area contributed by atoms with Crippen LogP contribution in [0, 0.1) is 0 Å². The van der Waals surface area contributed by atoms with Crippen LogP contribution >= 0.6 is 11.6 Å². The lowest BCUT2D eigenvalue weighted by Crippen LogP contribution is -2.41. The molecule has 0 saturated heterocycles. The van der Waals surface area contributed by atoms with Gasteiger partial charge in [0.05, 0.1) is 18.8 Å². The van der Waals surface area contributed by atoms with Crippen LogP contribution in [0.15, 0.2) is 18.3 Å². The van der Waals surface area contributed by atoms with Crippen LogP contribution < -0.4 is 10.6 Å². The number of aromatic nitrogens is 1. The lowest BCUT2D eigenvalue weighted by atomic mass is 10.3. The standard InChI is InChI=1S/C13H19ClN4O2/c1-9(2)16-11(19)7-18(3)8-12(20)17-10-5-4-6-15-13(10)14/h4-6,9H,7-8H2,1-3H3,(H,16,19)(H,17,20). The van der Waals surface area contributed by atoms with E-state index in [2.05, 4.69) is 15.6 Å². The molecule has 1 aromatic rings. The molecule has 0 aromatic carbocycles. The molecule has 0 spiro atoms. The van der Waals surface area contributed by atoms with Crippen molar-refractivity contribution < 1.29 is 9.59 Å². The number of pyridine rings is 1. The van der Waals surface area contributed by atoms with E-state index in [1.165, 1.54) is 0 Å². The highest BCUT2D eigenvalue weighted by Gasteiger charge is 2.12. The minimum atomic E-state index is -0.250. The van der Waals surface area contributed by atoms with Gasteiger partial charge in [-0.25, -0.2) is 4.98 Å². The van der Waals surface area contributed by atoms with Crippen molar-refractivity contribution in [2.45, 2.75) is 19.9 Å². The summed E-state index contributed by atoms with van der Waals surface area (Å²) in [5, 5.41) is 5.65. The molecule has 110 valence electrons. The highest BCUT2D eigenvalue weighted by atomic mass is 35.5. The van der Waals surface area contributed by atoms with E-state index < -0.39 is 0 Å². The molecule has 0 aliphatic carbocycles. The molecule has 1 aromatic heterocycles. The fourth-order valence-electron chi connectivity index (χ4n) is 1.58. The van der Waals surface area contributed by atoms with E-state index in [1.54, 1.807) is 30.3 Å². The lowest BCUT2D eigenvalue weighted by Gasteiger charge is -2.17. The maximum Gasteiger partial charge on any atom is 0.238 e. The number of rotatable bonds is 6. The Morgan fingerprint density at radius 1 is 1.35 bits per heavy atom. The van der Waals surface area contributed by atoms with Gasteiger partial charge in [-0.15, -0.1) is 0 Å². The second-order valence-corrected chi connectivity index (χ2v) is 5.14. The third-order valence-corrected chi connectivity index (χ3v) is 2.61. The molecule has 7 heteroatoms. The van der Waals surface area contributed by atoms with E-state index in [1.807, 2.05) is 13.8 Å². The van der Waals surface area contributed by atoms with Crippen LogP contribution in [0.1, 0.15) is 13.8 Å². The zero-order chi connectivity index (χ0) is 15.1. The van der Waals surface area contributed by atoms with E-state index in [0.717, 1.165) is 0 Å². The topological polar surface area (TPSA) is 74.3 Å². The Labute approximate surface area is 123 Å². The number of hydrogen-bond acceptors (Lipinski definition) is 4. The molecular weight excluding hydrogens is 280 g/mol. The summed E-state index contributed by atoms with van der Waals surface area (Å²) in [5.74, 6) is -0.366. The first kappa shape index (κ1) is 16.4. The molecule has 0 aliphatic heterocycles. The first-order chi connectivity index (χ1) is 9.38. The molecule has 1 heterocycles. The van der Waals surface area contributed by atoms with Crippen molar-refractivity contribution in [3.8, 4) is 0 Å². The molecule has 2 N–H and O–H groups in total. The van der Waals surface area contributed by atoms with Crippen LogP contribution in [0.3, 0.4) is 0 Å². The molecule has 20 heavy (non-hydrogen) atoms. The fourth-order valence-corrected chi connectivity index (χ4v) is 1.75. The number of halogens is 1. The number of nitrogens with one attached hydrogen (secondary N) is 2. The van der Waals surface area contributed by atoms with Crippen LogP contribution in [0.2, 0.25) is 5.15 Å². The summed E-state index contributed by atoms with van der Waals surface area (Å²) in [5.41, 5.74) is 0.458. The van der Waals surface area contributed by atoms with Crippen molar-refractivity contribution >= 4 is 29.1 Å². The van der Waals surface area contributed by atoms with Crippen LogP contribution in [0.25, 0.3) is 0 Å². The van der Waals surface area contributed by atoms with E-state index >= 15 is 0 Å². The summed E-state index contributed by atoms with van der Waals surface area (Å²) in [7, 11) is 1.70. The molecule has 0 bridgehead atoms. The number of carbonyl (C=O) groups is 2. The summed E-state index contributed by atoms with van der Waals surface area (Å²) in [4.78, 5) is 28.8. The van der Waals surface area contributed by atoms with E-state index in [4.69, 9.17) is 11.6 Å². The average Bonchev–Trinajstić information content (AvgIpc) is 2.30. The average molecular weight is 299 g/mol. The van der Waals surface area contributed by atoms with Gasteiger partial charge in [-0.3, -0.25) is 14.5 Å². The van der Waals surface area contributed by atoms with Crippen molar-refractivity contribution in [1.29, 1.82) is 0 Å². The summed E-state index contributed by atoms with van der Waals surface area (Å²) in [6, 6.07) is 3.43. The molecule has 0 atom stereocenters. The normalized spacial score (nSPS) is 10.7. The smallest absolute Gasteiger partial charge is 0.238 e. The highest BCUT2D eigenvalue weighted by Crippen LogP contribution is 2.16. The molecule has 1 rings (SSSR count). The van der Waals surface area contributed by atoms with E-state index in [0.29, 0.717) is 5.69 Å². The molecule has 6 nitrogen and oxygen atoms in total. The zero-order valence-electron chi connectivity index (χ0n) is 11.8. The van der Waals surface area contributed by atoms with Crippen LogP contribution in [-0.4, -0.2) is 47.9 Å². The van der Waals surface area contributed by atoms with Gasteiger partial charge in [0.1, 0.15) is 0 Å². The van der Waals surface area contributed by atoms with Gasteiger partial charge in [0.2, 0.25) is 11.8 Å². The predicted molar refractivity (Wildman–Crippen MR) is 78.7 cm³/mol. The number of carbonyl (C=O) groups excluding carboxylic acids is 2. The van der Waals surface area contributed by atoms with Crippen molar-refractivity contribution in [3.63, 3.8) is 0 Å². The molecular formula is C13H19ClN4O2. The number of hydrogen-bond donors (Lipinski definition) is 2. The van der Waals surface area contributed by atoms with Gasteiger partial charge in [-0.2, -0.15) is 0 Å². The van der Waals surface area contributed by atoms with Crippen molar-refractivity contribution in [2.75, 3.05) is 25.5 Å². The Kier molecular flexibility index (Phi) is 6.41. The third kappa shape index (κ3) is 5.99. The maximum atomic E-state index is 11.8. The molecule has 0 saturated carbocycles. The second kappa shape index (κ2) is 7.81. The predicted octanol–water partition coefficient (Wildman–Crippen LogP) is 1.13. The number of nitrogens with zero attached hydrogens (tertiary/aromatic N) is 2. The summed E-state index contributed by atoms with van der Waals surface area (Å²) >= 11 is 5.84. The van der Waals surface area contributed by atoms with Gasteiger partial charge in [0.15, 0.2) is 5.15 Å². The highest BCUT2D eigenvalue weighted by molar-refractivity contribution is 6.32. The minimum absolute atomic E-state index is 0.0823. The van der Waals surface area contributed by atoms with Gasteiger partial charge in [-0.05, 0) is 33.0 Å². The van der Waals surface area contributed by atoms with E-state index in [9.17, 15) is 9.59 Å². The fraction of sp³-hybridized carbons (Fsp3) is 0.462. The summed E-state index contributed by atoms with van der Waals surface area (Å²) in [6.07, 6.45) is 1.54. The summed E-state index contributed by atoms with van der Waals surface area (Å²) < 4.78 is 0. The Bertz CT molecular complexity index is 479. The first-order valence-corrected chi connectivity index (χ1v) is 6.64. The van der Waals surface area contributed by atoms with Gasteiger partial charge in [0.25, 0.3) is 0 Å². The second-order valence-electron chi connectivity index (χ2n) is 4.78. The van der Waals surface area contributed by atoms with Crippen LogP contribution in [0.4, 0.5) is 5.69 Å². The summed E-state index contributed by atoms with van der Waals surface area (Å²) in [6.45, 7) is 4.02. The zero-order valence-corrected chi connectivity index (χ0v) is 12.6. The van der Waals surface area contributed by atoms with Crippen molar-refractivity contribution in [2.24, 2.45) is 0 Å². The van der Waals surface area contributed by atoms with Gasteiger partial charge in [0, 0.05) is 12.2 Å². The Morgan fingerprint density at radius 3 is 2.60 bits per heavy atom. The van der Waals surface area contributed by atoms with Gasteiger partial charge >= 0.3 is 0 Å². The molecule has 0 radical (unpaired) electrons. The van der Waals surface area contributed by atoms with Gasteiger partial charge in [-0.1, -0.05) is 11.6 Å². The molecule has 2 amide bonds. The minimum Gasteiger partial charge on any atom is -0.353 e.